The third-order valence-corrected chi connectivity index (χ3v) is 7.11. The summed E-state index contributed by atoms with van der Waals surface area (Å²) in [4.78, 5) is 12.7. The van der Waals surface area contributed by atoms with E-state index >= 15 is 0 Å². The summed E-state index contributed by atoms with van der Waals surface area (Å²) in [6.07, 6.45) is 0.515. The highest BCUT2D eigenvalue weighted by Gasteiger charge is 2.30. The topological polar surface area (TPSA) is 66.5 Å². The Morgan fingerprint density at radius 1 is 1.12 bits per heavy atom. The Morgan fingerprint density at radius 2 is 1.85 bits per heavy atom. The third-order valence-electron chi connectivity index (χ3n) is 3.77. The maximum Gasteiger partial charge on any atom is 0.257 e. The minimum absolute atomic E-state index is 0.0469. The first-order valence-corrected chi connectivity index (χ1v) is 11.0. The molecule has 1 aliphatic rings. The highest BCUT2D eigenvalue weighted by Crippen LogP contribution is 2.35. The predicted molar refractivity (Wildman–Crippen MR) is 109 cm³/mol. The molecule has 0 spiro atoms. The van der Waals surface area contributed by atoms with Crippen molar-refractivity contribution in [1.82, 2.24) is 0 Å². The van der Waals surface area contributed by atoms with E-state index in [2.05, 4.69) is 21.2 Å². The maximum absolute atomic E-state index is 12.7. The number of halogens is 4. The van der Waals surface area contributed by atoms with E-state index in [0.29, 0.717) is 33.8 Å². The van der Waals surface area contributed by atoms with Crippen molar-refractivity contribution in [2.24, 2.45) is 0 Å². The van der Waals surface area contributed by atoms with Crippen LogP contribution < -0.4 is 9.62 Å². The van der Waals surface area contributed by atoms with Gasteiger partial charge in [-0.3, -0.25) is 9.10 Å². The number of carbonyl (C=O) groups excluding carboxylic acids is 1. The molecule has 0 unspecified atom stereocenters. The van der Waals surface area contributed by atoms with Gasteiger partial charge in [-0.2, -0.15) is 0 Å². The fourth-order valence-electron chi connectivity index (χ4n) is 2.64. The van der Waals surface area contributed by atoms with Gasteiger partial charge in [-0.25, -0.2) is 8.42 Å². The number of amides is 1. The third kappa shape index (κ3) is 4.12. The normalized spacial score (nSPS) is 15.9. The summed E-state index contributed by atoms with van der Waals surface area (Å²) in [7, 11) is -3.41. The molecule has 3 rings (SSSR count). The number of benzene rings is 2. The first-order chi connectivity index (χ1) is 12.2. The standard InChI is InChI=1S/C16H12BrCl3N2O3S/c17-9-4-10(18)6-11(5-9)21-16(23)13-7-12(8-14(19)15(13)20)22-2-1-3-26(22,24)25/h4-8H,1-3H2,(H,21,23). The van der Waals surface area contributed by atoms with E-state index < -0.39 is 15.9 Å². The Labute approximate surface area is 174 Å². The predicted octanol–water partition coefficient (Wildman–Crippen LogP) is 5.20. The Balaban J connectivity index is 1.97. The van der Waals surface area contributed by atoms with Gasteiger partial charge < -0.3 is 5.32 Å². The molecular weight excluding hydrogens is 487 g/mol. The first-order valence-electron chi connectivity index (χ1n) is 7.44. The van der Waals surface area contributed by atoms with Crippen LogP contribution in [-0.2, 0) is 10.0 Å². The molecule has 1 heterocycles. The van der Waals surface area contributed by atoms with Crippen molar-refractivity contribution < 1.29 is 13.2 Å². The number of sulfonamides is 1. The van der Waals surface area contributed by atoms with Crippen molar-refractivity contribution in [2.45, 2.75) is 6.42 Å². The van der Waals surface area contributed by atoms with Crippen LogP contribution in [0.25, 0.3) is 0 Å². The number of nitrogens with zero attached hydrogens (tertiary/aromatic N) is 1. The molecule has 2 aromatic rings. The van der Waals surface area contributed by atoms with E-state index in [4.69, 9.17) is 34.8 Å². The summed E-state index contributed by atoms with van der Waals surface area (Å²) in [6.45, 7) is 0.336. The van der Waals surface area contributed by atoms with Gasteiger partial charge in [0.25, 0.3) is 5.91 Å². The second kappa shape index (κ2) is 7.56. The van der Waals surface area contributed by atoms with Gasteiger partial charge in [-0.05, 0) is 36.8 Å². The van der Waals surface area contributed by atoms with Crippen LogP contribution in [0.2, 0.25) is 15.1 Å². The van der Waals surface area contributed by atoms with Crippen LogP contribution in [0.15, 0.2) is 34.8 Å². The largest absolute Gasteiger partial charge is 0.322 e. The van der Waals surface area contributed by atoms with Gasteiger partial charge in [-0.1, -0.05) is 50.7 Å². The van der Waals surface area contributed by atoms with Crippen LogP contribution in [0.3, 0.4) is 0 Å². The molecule has 2 aromatic carbocycles. The van der Waals surface area contributed by atoms with E-state index in [0.717, 1.165) is 0 Å². The zero-order valence-corrected chi connectivity index (χ0v) is 17.8. The zero-order valence-electron chi connectivity index (χ0n) is 13.1. The monoisotopic (exact) mass is 496 g/mol. The molecule has 0 atom stereocenters. The molecule has 138 valence electrons. The molecule has 5 nitrogen and oxygen atoms in total. The Morgan fingerprint density at radius 3 is 2.46 bits per heavy atom. The molecule has 1 N–H and O–H groups in total. The lowest BCUT2D eigenvalue weighted by atomic mass is 10.1. The molecule has 1 fully saturated rings. The average Bonchev–Trinajstić information content (AvgIpc) is 2.88. The summed E-state index contributed by atoms with van der Waals surface area (Å²) in [5.74, 6) is -0.463. The summed E-state index contributed by atoms with van der Waals surface area (Å²) in [5, 5.41) is 3.27. The van der Waals surface area contributed by atoms with Crippen LogP contribution in [0, 0.1) is 0 Å². The highest BCUT2D eigenvalue weighted by molar-refractivity contribution is 9.10. The molecule has 0 saturated carbocycles. The fraction of sp³-hybridized carbons (Fsp3) is 0.188. The highest BCUT2D eigenvalue weighted by atomic mass is 79.9. The van der Waals surface area contributed by atoms with Crippen molar-refractivity contribution in [3.05, 3.63) is 55.4 Å². The van der Waals surface area contributed by atoms with Crippen LogP contribution in [-0.4, -0.2) is 26.6 Å². The zero-order chi connectivity index (χ0) is 19.1. The minimum Gasteiger partial charge on any atom is -0.322 e. The second-order valence-electron chi connectivity index (χ2n) is 5.64. The number of nitrogens with one attached hydrogen (secondary N) is 1. The minimum atomic E-state index is -3.41. The maximum atomic E-state index is 12.7. The molecule has 1 saturated heterocycles. The molecule has 10 heteroatoms. The lowest BCUT2D eigenvalue weighted by Gasteiger charge is -2.19. The number of carbonyl (C=O) groups is 1. The molecular formula is C16H12BrCl3N2O3S. The number of hydrogen-bond acceptors (Lipinski definition) is 3. The van der Waals surface area contributed by atoms with Crippen LogP contribution in [0.4, 0.5) is 11.4 Å². The van der Waals surface area contributed by atoms with E-state index in [1.165, 1.54) is 16.4 Å². The number of anilines is 2. The summed E-state index contributed by atoms with van der Waals surface area (Å²) < 4.78 is 26.2. The molecule has 1 amide bonds. The molecule has 0 aliphatic carbocycles. The van der Waals surface area contributed by atoms with Gasteiger partial charge in [0.15, 0.2) is 0 Å². The van der Waals surface area contributed by atoms with Gasteiger partial charge in [0.2, 0.25) is 10.0 Å². The molecule has 1 aliphatic heterocycles. The quantitative estimate of drug-likeness (QED) is 0.633. The molecule has 26 heavy (non-hydrogen) atoms. The van der Waals surface area contributed by atoms with Crippen molar-refractivity contribution in [2.75, 3.05) is 21.9 Å². The lowest BCUT2D eigenvalue weighted by molar-refractivity contribution is 0.102. The van der Waals surface area contributed by atoms with Gasteiger partial charge in [0.1, 0.15) is 0 Å². The van der Waals surface area contributed by atoms with Gasteiger partial charge in [0, 0.05) is 21.7 Å². The second-order valence-corrected chi connectivity index (χ2v) is 9.79. The fourth-order valence-corrected chi connectivity index (χ4v) is 5.45. The SMILES string of the molecule is O=C(Nc1cc(Cl)cc(Br)c1)c1cc(N2CCCS2(=O)=O)cc(Cl)c1Cl. The number of hydrogen-bond donors (Lipinski definition) is 1. The van der Waals surface area contributed by atoms with Crippen LogP contribution >= 0.6 is 50.7 Å². The lowest BCUT2D eigenvalue weighted by Crippen LogP contribution is -2.25. The van der Waals surface area contributed by atoms with Gasteiger partial charge in [-0.15, -0.1) is 0 Å². The van der Waals surface area contributed by atoms with Gasteiger partial charge in [0.05, 0.1) is 27.0 Å². The van der Waals surface area contributed by atoms with E-state index in [9.17, 15) is 13.2 Å². The number of rotatable bonds is 3. The van der Waals surface area contributed by atoms with Crippen LogP contribution in [0.1, 0.15) is 16.8 Å². The van der Waals surface area contributed by atoms with E-state index in [1.54, 1.807) is 18.2 Å². The van der Waals surface area contributed by atoms with Crippen molar-refractivity contribution in [3.8, 4) is 0 Å². The average molecular weight is 499 g/mol. The summed E-state index contributed by atoms with van der Waals surface area (Å²) in [6, 6.07) is 7.80. The Hall–Kier alpha value is -0.990. The van der Waals surface area contributed by atoms with Crippen molar-refractivity contribution in [3.63, 3.8) is 0 Å². The Kier molecular flexibility index (Phi) is 5.75. The van der Waals surface area contributed by atoms with Crippen LogP contribution in [0.5, 0.6) is 0 Å². The molecule has 0 radical (unpaired) electrons. The Bertz CT molecular complexity index is 978. The smallest absolute Gasteiger partial charge is 0.257 e. The molecule has 0 bridgehead atoms. The first kappa shape index (κ1) is 19.8. The van der Waals surface area contributed by atoms with E-state index in [-0.39, 0.29) is 21.4 Å². The summed E-state index contributed by atoms with van der Waals surface area (Å²) in [5.41, 5.74) is 0.849. The van der Waals surface area contributed by atoms with Crippen molar-refractivity contribution in [1.29, 1.82) is 0 Å². The summed E-state index contributed by atoms with van der Waals surface area (Å²) >= 11 is 21.6. The van der Waals surface area contributed by atoms with E-state index in [1.807, 2.05) is 0 Å². The molecule has 0 aromatic heterocycles. The van der Waals surface area contributed by atoms with Crippen molar-refractivity contribution >= 4 is 78.0 Å². The van der Waals surface area contributed by atoms with Gasteiger partial charge >= 0.3 is 0 Å².